The van der Waals surface area contributed by atoms with Crippen molar-refractivity contribution >= 4 is 5.91 Å². The number of hydrogen-bond donors (Lipinski definition) is 2. The van der Waals surface area contributed by atoms with Crippen LogP contribution in [0.2, 0.25) is 0 Å². The van der Waals surface area contributed by atoms with Crippen LogP contribution in [0.25, 0.3) is 0 Å². The molecular weight excluding hydrogens is 264 g/mol. The van der Waals surface area contributed by atoms with Crippen LogP contribution >= 0.6 is 0 Å². The predicted octanol–water partition coefficient (Wildman–Crippen LogP) is 0.786. The summed E-state index contributed by atoms with van der Waals surface area (Å²) in [4.78, 5) is 16.9. The van der Waals surface area contributed by atoms with Crippen molar-refractivity contribution in [3.63, 3.8) is 0 Å². The summed E-state index contributed by atoms with van der Waals surface area (Å²) in [7, 11) is 2.15. The quantitative estimate of drug-likeness (QED) is 0.489. The zero-order valence-corrected chi connectivity index (χ0v) is 13.0. The van der Waals surface area contributed by atoms with Gasteiger partial charge in [0.25, 0.3) is 0 Å². The fraction of sp³-hybridized carbons (Fsp3) is 0.562. The Morgan fingerprint density at radius 3 is 2.76 bits per heavy atom. The van der Waals surface area contributed by atoms with Gasteiger partial charge in [-0.15, -0.1) is 0 Å². The molecule has 1 aromatic carbocycles. The summed E-state index contributed by atoms with van der Waals surface area (Å²) in [6.45, 7) is 6.10. The zero-order chi connectivity index (χ0) is 15.2. The Morgan fingerprint density at radius 2 is 2.10 bits per heavy atom. The lowest BCUT2D eigenvalue weighted by atomic mass is 9.97. The molecule has 3 N–H and O–H groups in total. The molecule has 2 atom stereocenters. The molecule has 0 aromatic heterocycles. The highest BCUT2D eigenvalue weighted by Crippen LogP contribution is 2.20. The topological polar surface area (TPSA) is 61.6 Å². The summed E-state index contributed by atoms with van der Waals surface area (Å²) in [5.41, 5.74) is 3.34. The van der Waals surface area contributed by atoms with Gasteiger partial charge in [-0.05, 0) is 39.0 Å². The van der Waals surface area contributed by atoms with Crippen molar-refractivity contribution in [2.24, 2.45) is 5.84 Å². The second-order valence-electron chi connectivity index (χ2n) is 5.93. The Hall–Kier alpha value is -1.43. The van der Waals surface area contributed by atoms with Gasteiger partial charge in [0.1, 0.15) is 0 Å². The second kappa shape index (κ2) is 7.54. The van der Waals surface area contributed by atoms with Crippen molar-refractivity contribution < 1.29 is 4.79 Å². The van der Waals surface area contributed by atoms with Gasteiger partial charge in [-0.25, -0.2) is 5.84 Å². The molecule has 1 aromatic rings. The minimum atomic E-state index is -0.220. The number of carbonyl (C=O) groups excluding carboxylic acids is 1. The van der Waals surface area contributed by atoms with Crippen molar-refractivity contribution in [1.29, 1.82) is 0 Å². The van der Waals surface area contributed by atoms with Crippen molar-refractivity contribution in [1.82, 2.24) is 15.2 Å². The molecule has 1 saturated heterocycles. The molecule has 1 aliphatic rings. The molecular formula is C16H26N4O. The summed E-state index contributed by atoms with van der Waals surface area (Å²) >= 11 is 0. The largest absolute Gasteiger partial charge is 0.305 e. The van der Waals surface area contributed by atoms with E-state index in [1.54, 1.807) is 0 Å². The van der Waals surface area contributed by atoms with Gasteiger partial charge in [-0.1, -0.05) is 30.3 Å². The fourth-order valence-electron chi connectivity index (χ4n) is 3.05. The van der Waals surface area contributed by atoms with Crippen molar-refractivity contribution in [3.05, 3.63) is 35.9 Å². The van der Waals surface area contributed by atoms with Gasteiger partial charge in [0.15, 0.2) is 0 Å². The number of carbonyl (C=O) groups is 1. The zero-order valence-electron chi connectivity index (χ0n) is 13.0. The fourth-order valence-corrected chi connectivity index (χ4v) is 3.05. The van der Waals surface area contributed by atoms with E-state index in [-0.39, 0.29) is 11.8 Å². The van der Waals surface area contributed by atoms with Crippen molar-refractivity contribution in [3.8, 4) is 0 Å². The number of nitrogens with two attached hydrogens (primary N) is 1. The number of rotatable bonds is 4. The summed E-state index contributed by atoms with van der Waals surface area (Å²) < 4.78 is 0. The minimum Gasteiger partial charge on any atom is -0.305 e. The first-order chi connectivity index (χ1) is 10.1. The highest BCUT2D eigenvalue weighted by molar-refractivity contribution is 5.83. The number of amides is 1. The summed E-state index contributed by atoms with van der Waals surface area (Å²) in [6, 6.07) is 10.3. The van der Waals surface area contributed by atoms with Gasteiger partial charge in [-0.2, -0.15) is 0 Å². The molecule has 0 saturated carbocycles. The molecule has 116 valence electrons. The van der Waals surface area contributed by atoms with E-state index in [0.717, 1.165) is 31.6 Å². The average molecular weight is 290 g/mol. The molecule has 2 rings (SSSR count). The maximum atomic E-state index is 12.2. The first kappa shape index (κ1) is 15.9. The molecule has 0 bridgehead atoms. The Morgan fingerprint density at radius 1 is 1.38 bits per heavy atom. The van der Waals surface area contributed by atoms with Crippen LogP contribution in [0, 0.1) is 0 Å². The van der Waals surface area contributed by atoms with Crippen LogP contribution in [0.15, 0.2) is 30.3 Å². The summed E-state index contributed by atoms with van der Waals surface area (Å²) in [6.07, 6.45) is 1.13. The van der Waals surface area contributed by atoms with Gasteiger partial charge in [0, 0.05) is 19.1 Å². The SMILES string of the molecule is CC1CN(C)CCCN1CC(C(=O)NN)c1ccccc1. The van der Waals surface area contributed by atoms with E-state index < -0.39 is 0 Å². The third-order valence-electron chi connectivity index (χ3n) is 4.26. The molecule has 2 unspecified atom stereocenters. The number of hydrazine groups is 1. The predicted molar refractivity (Wildman–Crippen MR) is 84.7 cm³/mol. The molecule has 0 aliphatic carbocycles. The molecule has 21 heavy (non-hydrogen) atoms. The van der Waals surface area contributed by atoms with E-state index >= 15 is 0 Å². The van der Waals surface area contributed by atoms with Crippen LogP contribution in [-0.4, -0.2) is 55.0 Å². The van der Waals surface area contributed by atoms with Crippen LogP contribution in [0.5, 0.6) is 0 Å². The number of hydrogen-bond acceptors (Lipinski definition) is 4. The monoisotopic (exact) mass is 290 g/mol. The standard InChI is InChI=1S/C16H26N4O/c1-13-11-19(2)9-6-10-20(13)12-15(16(21)18-17)14-7-4-3-5-8-14/h3-5,7-8,13,15H,6,9-12,17H2,1-2H3,(H,18,21). The Balaban J connectivity index is 2.13. The number of likely N-dealkylation sites (N-methyl/N-ethyl adjacent to an activating group) is 1. The second-order valence-corrected chi connectivity index (χ2v) is 5.93. The van der Waals surface area contributed by atoms with E-state index in [1.807, 2.05) is 30.3 Å². The van der Waals surface area contributed by atoms with Crippen LogP contribution < -0.4 is 11.3 Å². The Bertz CT molecular complexity index is 451. The lowest BCUT2D eigenvalue weighted by Crippen LogP contribution is -2.44. The normalized spacial score (nSPS) is 22.5. The molecule has 5 heteroatoms. The van der Waals surface area contributed by atoms with Gasteiger partial charge >= 0.3 is 0 Å². The lowest BCUT2D eigenvalue weighted by molar-refractivity contribution is -0.123. The van der Waals surface area contributed by atoms with E-state index in [2.05, 4.69) is 29.2 Å². The highest BCUT2D eigenvalue weighted by atomic mass is 16.2. The van der Waals surface area contributed by atoms with Crippen LogP contribution in [-0.2, 0) is 4.79 Å². The molecule has 1 aliphatic heterocycles. The molecule has 5 nitrogen and oxygen atoms in total. The number of benzene rings is 1. The lowest BCUT2D eigenvalue weighted by Gasteiger charge is -2.31. The average Bonchev–Trinajstić information content (AvgIpc) is 2.65. The Labute approximate surface area is 127 Å². The van der Waals surface area contributed by atoms with Crippen molar-refractivity contribution in [2.75, 3.05) is 33.2 Å². The maximum absolute atomic E-state index is 12.2. The first-order valence-electron chi connectivity index (χ1n) is 7.60. The van der Waals surface area contributed by atoms with E-state index in [4.69, 9.17) is 5.84 Å². The third-order valence-corrected chi connectivity index (χ3v) is 4.26. The molecule has 1 fully saturated rings. The van der Waals surface area contributed by atoms with E-state index in [0.29, 0.717) is 12.6 Å². The van der Waals surface area contributed by atoms with E-state index in [1.165, 1.54) is 0 Å². The minimum absolute atomic E-state index is 0.119. The van der Waals surface area contributed by atoms with Crippen LogP contribution in [0.3, 0.4) is 0 Å². The summed E-state index contributed by atoms with van der Waals surface area (Å²) in [5.74, 6) is 5.04. The van der Waals surface area contributed by atoms with Gasteiger partial charge < -0.3 is 4.90 Å². The molecule has 1 amide bonds. The van der Waals surface area contributed by atoms with Crippen LogP contribution in [0.4, 0.5) is 0 Å². The highest BCUT2D eigenvalue weighted by Gasteiger charge is 2.27. The van der Waals surface area contributed by atoms with Gasteiger partial charge in [-0.3, -0.25) is 15.1 Å². The molecule has 1 heterocycles. The smallest absolute Gasteiger partial charge is 0.242 e. The van der Waals surface area contributed by atoms with E-state index in [9.17, 15) is 4.79 Å². The maximum Gasteiger partial charge on any atom is 0.242 e. The Kier molecular flexibility index (Phi) is 5.73. The third kappa shape index (κ3) is 4.27. The number of nitrogens with one attached hydrogen (secondary N) is 1. The molecule has 0 spiro atoms. The van der Waals surface area contributed by atoms with Gasteiger partial charge in [0.05, 0.1) is 5.92 Å². The summed E-state index contributed by atoms with van der Waals surface area (Å²) in [5, 5.41) is 0. The van der Waals surface area contributed by atoms with Gasteiger partial charge in [0.2, 0.25) is 5.91 Å². The molecule has 0 radical (unpaired) electrons. The first-order valence-corrected chi connectivity index (χ1v) is 7.60. The van der Waals surface area contributed by atoms with Crippen LogP contribution in [0.1, 0.15) is 24.8 Å². The van der Waals surface area contributed by atoms with Crippen molar-refractivity contribution in [2.45, 2.75) is 25.3 Å². The number of nitrogens with zero attached hydrogens (tertiary/aromatic N) is 2.